The van der Waals surface area contributed by atoms with E-state index in [-0.39, 0.29) is 0 Å². The van der Waals surface area contributed by atoms with Crippen LogP contribution >= 0.6 is 10.8 Å². The van der Waals surface area contributed by atoms with E-state index in [4.69, 9.17) is 8.37 Å². The molecule has 0 bridgehead atoms. The smallest absolute Gasteiger partial charge is 0.0620 e. The fraction of sp³-hybridized carbons (Fsp3) is 1.00. The molecule has 0 unspecified atom stereocenters. The molecule has 12 heavy (non-hydrogen) atoms. The number of nitrogens with zero attached hydrogens (tertiary/aromatic N) is 1. The van der Waals surface area contributed by atoms with Crippen LogP contribution in [0.1, 0.15) is 20.3 Å². The summed E-state index contributed by atoms with van der Waals surface area (Å²) in [4.78, 5) is 0. The van der Waals surface area contributed by atoms with E-state index in [1.807, 2.05) is 0 Å². The average Bonchev–Trinajstić information content (AvgIpc) is 2.48. The van der Waals surface area contributed by atoms with Gasteiger partial charge in [0.05, 0.1) is 20.0 Å². The van der Waals surface area contributed by atoms with E-state index in [9.17, 15) is 0 Å². The van der Waals surface area contributed by atoms with Crippen molar-refractivity contribution in [2.24, 2.45) is 0 Å². The number of hydrogen-bond acceptors (Lipinski definition) is 3. The molecule has 0 radical (unpaired) electrons. The van der Waals surface area contributed by atoms with Crippen molar-refractivity contribution in [3.63, 3.8) is 0 Å². The summed E-state index contributed by atoms with van der Waals surface area (Å²) in [6.07, 6.45) is 1.19. The van der Waals surface area contributed by atoms with Gasteiger partial charge in [-0.2, -0.15) is 0 Å². The van der Waals surface area contributed by atoms with Gasteiger partial charge in [0, 0.05) is 12.6 Å². The molecule has 0 aromatic heterocycles. The molecule has 0 N–H and O–H groups in total. The van der Waals surface area contributed by atoms with E-state index in [0.717, 1.165) is 12.3 Å². The van der Waals surface area contributed by atoms with Crippen molar-refractivity contribution < 1.29 is 8.37 Å². The van der Waals surface area contributed by atoms with Gasteiger partial charge >= 0.3 is 0 Å². The van der Waals surface area contributed by atoms with Crippen LogP contribution in [0.5, 0.6) is 0 Å². The first kappa shape index (κ1) is 10.3. The minimum absolute atomic E-state index is 0.516. The van der Waals surface area contributed by atoms with Crippen LogP contribution in [0.4, 0.5) is 0 Å². The Kier molecular flexibility index (Phi) is 3.40. The van der Waals surface area contributed by atoms with Gasteiger partial charge in [-0.05, 0) is 20.3 Å². The Morgan fingerprint density at radius 3 is 2.17 bits per heavy atom. The second-order valence-corrected chi connectivity index (χ2v) is 5.92. The van der Waals surface area contributed by atoms with Crippen molar-refractivity contribution in [1.29, 1.82) is 0 Å². The quantitative estimate of drug-likeness (QED) is 0.683. The monoisotopic (exact) mass is 193 g/mol. The highest BCUT2D eigenvalue weighted by Gasteiger charge is 2.34. The maximum atomic E-state index is 5.51. The van der Waals surface area contributed by atoms with Crippen LogP contribution in [-0.4, -0.2) is 36.9 Å². The summed E-state index contributed by atoms with van der Waals surface area (Å²) in [5.74, 6) is 1.05. The number of rotatable bonds is 3. The van der Waals surface area contributed by atoms with Crippen LogP contribution in [0.2, 0.25) is 0 Å². The van der Waals surface area contributed by atoms with E-state index in [0.29, 0.717) is 6.04 Å². The van der Waals surface area contributed by atoms with Gasteiger partial charge in [-0.3, -0.25) is 8.37 Å². The summed E-state index contributed by atoms with van der Waals surface area (Å²) < 4.78 is 13.4. The summed E-state index contributed by atoms with van der Waals surface area (Å²) in [5.41, 5.74) is 0. The van der Waals surface area contributed by atoms with Gasteiger partial charge in [0.2, 0.25) is 0 Å². The van der Waals surface area contributed by atoms with Crippen molar-refractivity contribution in [2.75, 3.05) is 26.5 Å². The standard InChI is InChI=1S/C8H19NO2S/c1-8(2)9-6-5-7-12(9,10-3)11-4/h8H,5-7H2,1-4H3. The van der Waals surface area contributed by atoms with Crippen LogP contribution < -0.4 is 0 Å². The highest BCUT2D eigenvalue weighted by Crippen LogP contribution is 2.57. The molecule has 0 aliphatic carbocycles. The van der Waals surface area contributed by atoms with Crippen LogP contribution in [0, 0.1) is 0 Å². The minimum Gasteiger partial charge on any atom is -0.274 e. The summed E-state index contributed by atoms with van der Waals surface area (Å²) in [5, 5.41) is 0. The summed E-state index contributed by atoms with van der Waals surface area (Å²) in [7, 11) is 2.16. The molecule has 74 valence electrons. The lowest BCUT2D eigenvalue weighted by atomic mass is 10.4. The molecule has 1 fully saturated rings. The van der Waals surface area contributed by atoms with Gasteiger partial charge in [0.15, 0.2) is 0 Å². The van der Waals surface area contributed by atoms with E-state index >= 15 is 0 Å². The molecule has 1 rings (SSSR count). The lowest BCUT2D eigenvalue weighted by Crippen LogP contribution is -2.31. The van der Waals surface area contributed by atoms with E-state index in [2.05, 4.69) is 18.2 Å². The van der Waals surface area contributed by atoms with Crippen LogP contribution in [0.25, 0.3) is 0 Å². The van der Waals surface area contributed by atoms with Gasteiger partial charge in [-0.25, -0.2) is 4.31 Å². The second kappa shape index (κ2) is 3.96. The third-order valence-corrected chi connectivity index (χ3v) is 5.40. The van der Waals surface area contributed by atoms with Crippen molar-refractivity contribution in [1.82, 2.24) is 4.31 Å². The fourth-order valence-electron chi connectivity index (χ4n) is 1.66. The Balaban J connectivity index is 2.72. The van der Waals surface area contributed by atoms with Gasteiger partial charge < -0.3 is 0 Å². The molecule has 3 nitrogen and oxygen atoms in total. The SMILES string of the molecule is COS1(OC)CCCN1C(C)C. The zero-order valence-corrected chi connectivity index (χ0v) is 9.19. The molecule has 4 heteroatoms. The largest absolute Gasteiger partial charge is 0.274 e. The van der Waals surface area contributed by atoms with Gasteiger partial charge in [0.25, 0.3) is 0 Å². The van der Waals surface area contributed by atoms with Gasteiger partial charge in [-0.1, -0.05) is 0 Å². The first-order valence-corrected chi connectivity index (χ1v) is 5.96. The normalized spacial score (nSPS) is 26.4. The van der Waals surface area contributed by atoms with Crippen LogP contribution in [-0.2, 0) is 8.37 Å². The third-order valence-electron chi connectivity index (χ3n) is 2.23. The first-order chi connectivity index (χ1) is 5.66. The predicted octanol–water partition coefficient (Wildman–Crippen LogP) is 1.94. The van der Waals surface area contributed by atoms with Crippen molar-refractivity contribution in [3.05, 3.63) is 0 Å². The van der Waals surface area contributed by atoms with Gasteiger partial charge in [0.1, 0.15) is 0 Å². The van der Waals surface area contributed by atoms with Crippen molar-refractivity contribution >= 4 is 10.8 Å². The van der Waals surface area contributed by atoms with Crippen molar-refractivity contribution in [3.8, 4) is 0 Å². The Hall–Kier alpha value is 0.230. The maximum Gasteiger partial charge on any atom is 0.0620 e. The highest BCUT2D eigenvalue weighted by atomic mass is 32.3. The fourth-order valence-corrected chi connectivity index (χ4v) is 4.30. The zero-order valence-electron chi connectivity index (χ0n) is 8.37. The molecule has 1 aliphatic heterocycles. The summed E-state index contributed by atoms with van der Waals surface area (Å²) in [6.45, 7) is 5.48. The second-order valence-electron chi connectivity index (χ2n) is 3.21. The molecule has 1 aliphatic rings. The molecule has 0 spiro atoms. The van der Waals surface area contributed by atoms with E-state index < -0.39 is 10.8 Å². The third kappa shape index (κ3) is 1.62. The molecule has 0 amide bonds. The van der Waals surface area contributed by atoms with Crippen molar-refractivity contribution in [2.45, 2.75) is 26.3 Å². The lowest BCUT2D eigenvalue weighted by molar-refractivity contribution is 0.274. The molecular weight excluding hydrogens is 174 g/mol. The van der Waals surface area contributed by atoms with E-state index in [1.54, 1.807) is 14.2 Å². The Morgan fingerprint density at radius 2 is 1.83 bits per heavy atom. The highest BCUT2D eigenvalue weighted by molar-refractivity contribution is 8.24. The molecule has 0 aromatic carbocycles. The maximum absolute atomic E-state index is 5.51. The number of hydrogen-bond donors (Lipinski definition) is 0. The Labute approximate surface area is 76.9 Å². The first-order valence-electron chi connectivity index (χ1n) is 4.35. The molecule has 0 saturated carbocycles. The molecular formula is C8H19NO2S. The summed E-state index contributed by atoms with van der Waals surface area (Å²) in [6, 6.07) is 0.516. The lowest BCUT2D eigenvalue weighted by Gasteiger charge is -2.46. The predicted molar refractivity (Wildman–Crippen MR) is 52.9 cm³/mol. The molecule has 0 aromatic rings. The summed E-state index contributed by atoms with van der Waals surface area (Å²) >= 11 is 0. The molecule has 1 saturated heterocycles. The van der Waals surface area contributed by atoms with Crippen LogP contribution in [0.15, 0.2) is 0 Å². The zero-order chi connectivity index (χ0) is 9.19. The molecule has 1 heterocycles. The Bertz CT molecular complexity index is 148. The average molecular weight is 193 g/mol. The molecule has 0 atom stereocenters. The van der Waals surface area contributed by atoms with E-state index in [1.165, 1.54) is 6.42 Å². The minimum atomic E-state index is -1.34. The Morgan fingerprint density at radius 1 is 1.25 bits per heavy atom. The topological polar surface area (TPSA) is 21.7 Å². The van der Waals surface area contributed by atoms with Gasteiger partial charge in [-0.15, -0.1) is 10.8 Å². The van der Waals surface area contributed by atoms with Crippen LogP contribution in [0.3, 0.4) is 0 Å².